The van der Waals surface area contributed by atoms with Crippen molar-refractivity contribution in [3.8, 4) is 0 Å². The second kappa shape index (κ2) is 8.00. The minimum Gasteiger partial charge on any atom is -0.381 e. The van der Waals surface area contributed by atoms with Gasteiger partial charge in [0, 0.05) is 13.1 Å². The quantitative estimate of drug-likeness (QED) is 0.463. The van der Waals surface area contributed by atoms with Crippen LogP contribution in [0.2, 0.25) is 5.02 Å². The molecule has 0 saturated heterocycles. The first kappa shape index (κ1) is 20.1. The number of hydrogen-bond donors (Lipinski definition) is 1. The number of hydrogen-bond acceptors (Lipinski definition) is 4. The average molecular weight is 397 g/mol. The van der Waals surface area contributed by atoms with Gasteiger partial charge >= 0.3 is 0 Å². The Hall–Kier alpha value is -2.20. The molecule has 1 aromatic carbocycles. The highest BCUT2D eigenvalue weighted by Gasteiger charge is 2.26. The fraction of sp³-hybridized carbons (Fsp3) is 0.333. The molecule has 0 aliphatic heterocycles. The zero-order chi connectivity index (χ0) is 19.6. The smallest absolute Gasteiger partial charge is 0.287 e. The van der Waals surface area contributed by atoms with Gasteiger partial charge in [0.15, 0.2) is 23.3 Å². The molecule has 0 radical (unpaired) electrons. The SMILES string of the molecule is CN(C)CCNc1cnn(Cc2c(F)c(F)c(F)c(F)c2F)c(=O)c1Cl. The van der Waals surface area contributed by atoms with E-state index in [1.54, 1.807) is 0 Å². The predicted molar refractivity (Wildman–Crippen MR) is 85.9 cm³/mol. The van der Waals surface area contributed by atoms with E-state index in [9.17, 15) is 26.7 Å². The standard InChI is InChI=1S/C15H14ClF5N4O/c1-24(2)4-3-22-8-5-23-25(15(26)9(8)16)6-7-10(17)12(19)14(21)13(20)11(7)18/h5,22H,3-4,6H2,1-2H3. The molecule has 1 heterocycles. The van der Waals surface area contributed by atoms with E-state index in [0.29, 0.717) is 17.8 Å². The summed E-state index contributed by atoms with van der Waals surface area (Å²) in [4.78, 5) is 14.0. The van der Waals surface area contributed by atoms with Gasteiger partial charge in [-0.15, -0.1) is 0 Å². The van der Waals surface area contributed by atoms with Crippen LogP contribution in [0.5, 0.6) is 0 Å². The fourth-order valence-electron chi connectivity index (χ4n) is 2.05. The molecular formula is C15H14ClF5N4O. The van der Waals surface area contributed by atoms with Crippen LogP contribution >= 0.6 is 11.6 Å². The van der Waals surface area contributed by atoms with Crippen molar-refractivity contribution in [1.82, 2.24) is 14.7 Å². The van der Waals surface area contributed by atoms with Crippen molar-refractivity contribution in [2.24, 2.45) is 0 Å². The topological polar surface area (TPSA) is 50.2 Å². The molecule has 0 aliphatic rings. The van der Waals surface area contributed by atoms with Crippen LogP contribution in [0.1, 0.15) is 5.56 Å². The molecule has 5 nitrogen and oxygen atoms in total. The first-order valence-corrected chi connectivity index (χ1v) is 7.67. The van der Waals surface area contributed by atoms with Gasteiger partial charge < -0.3 is 10.2 Å². The number of anilines is 1. The van der Waals surface area contributed by atoms with Crippen LogP contribution in [0.15, 0.2) is 11.0 Å². The fourth-order valence-corrected chi connectivity index (χ4v) is 2.27. The number of aromatic nitrogens is 2. The Bertz CT molecular complexity index is 858. The highest BCUT2D eigenvalue weighted by Crippen LogP contribution is 2.23. The summed E-state index contributed by atoms with van der Waals surface area (Å²) in [6.45, 7) is 0.0990. The molecule has 2 rings (SSSR count). The van der Waals surface area contributed by atoms with Crippen LogP contribution < -0.4 is 10.9 Å². The van der Waals surface area contributed by atoms with Gasteiger partial charge in [0.2, 0.25) is 5.82 Å². The van der Waals surface area contributed by atoms with E-state index in [4.69, 9.17) is 11.6 Å². The molecule has 0 bridgehead atoms. The predicted octanol–water partition coefficient (Wildman–Crippen LogP) is 2.61. The number of benzene rings is 1. The Labute approximate surface area is 150 Å². The summed E-state index contributed by atoms with van der Waals surface area (Å²) in [6, 6.07) is 0. The van der Waals surface area contributed by atoms with Crippen molar-refractivity contribution in [2.45, 2.75) is 6.54 Å². The zero-order valence-corrected chi connectivity index (χ0v) is 14.5. The highest BCUT2D eigenvalue weighted by atomic mass is 35.5. The van der Waals surface area contributed by atoms with Crippen molar-refractivity contribution in [3.63, 3.8) is 0 Å². The van der Waals surface area contributed by atoms with E-state index in [0.717, 1.165) is 6.20 Å². The molecule has 0 fully saturated rings. The van der Waals surface area contributed by atoms with Crippen molar-refractivity contribution in [1.29, 1.82) is 0 Å². The van der Waals surface area contributed by atoms with Crippen LogP contribution in [0.3, 0.4) is 0 Å². The summed E-state index contributed by atoms with van der Waals surface area (Å²) in [6.07, 6.45) is 1.13. The zero-order valence-electron chi connectivity index (χ0n) is 13.7. The van der Waals surface area contributed by atoms with Gasteiger partial charge in [-0.05, 0) is 14.1 Å². The Balaban J connectivity index is 2.35. The van der Waals surface area contributed by atoms with E-state index in [2.05, 4.69) is 10.4 Å². The largest absolute Gasteiger partial charge is 0.381 e. The Morgan fingerprint density at radius 2 is 1.62 bits per heavy atom. The van der Waals surface area contributed by atoms with Gasteiger partial charge in [-0.1, -0.05) is 11.6 Å². The maximum atomic E-state index is 13.7. The summed E-state index contributed by atoms with van der Waals surface area (Å²) in [5.74, 6) is -10.5. The van der Waals surface area contributed by atoms with Crippen LogP contribution in [-0.2, 0) is 6.54 Å². The van der Waals surface area contributed by atoms with Crippen molar-refractivity contribution < 1.29 is 22.0 Å². The first-order valence-electron chi connectivity index (χ1n) is 7.29. The third-order valence-electron chi connectivity index (χ3n) is 3.47. The molecule has 0 saturated carbocycles. The second-order valence-corrected chi connectivity index (χ2v) is 5.99. The normalized spacial score (nSPS) is 11.3. The molecule has 0 unspecified atom stereocenters. The lowest BCUT2D eigenvalue weighted by molar-refractivity contribution is 0.366. The maximum absolute atomic E-state index is 13.7. The molecule has 1 aromatic heterocycles. The molecule has 0 spiro atoms. The van der Waals surface area contributed by atoms with Crippen LogP contribution in [0, 0.1) is 29.1 Å². The van der Waals surface area contributed by atoms with Crippen LogP contribution in [0.25, 0.3) is 0 Å². The van der Waals surface area contributed by atoms with Crippen LogP contribution in [0.4, 0.5) is 27.6 Å². The molecule has 1 N–H and O–H groups in total. The summed E-state index contributed by atoms with van der Waals surface area (Å²) in [5.41, 5.74) is -1.93. The van der Waals surface area contributed by atoms with Crippen LogP contribution in [-0.4, -0.2) is 41.9 Å². The van der Waals surface area contributed by atoms with E-state index in [1.807, 2.05) is 19.0 Å². The van der Waals surface area contributed by atoms with Gasteiger partial charge in [-0.2, -0.15) is 5.10 Å². The Kier molecular flexibility index (Phi) is 6.19. The van der Waals surface area contributed by atoms with Crippen molar-refractivity contribution >= 4 is 17.3 Å². The molecule has 11 heteroatoms. The van der Waals surface area contributed by atoms with E-state index in [-0.39, 0.29) is 10.7 Å². The van der Waals surface area contributed by atoms with Gasteiger partial charge in [-0.3, -0.25) is 4.79 Å². The van der Waals surface area contributed by atoms with Gasteiger partial charge in [0.25, 0.3) is 5.56 Å². The second-order valence-electron chi connectivity index (χ2n) is 5.61. The molecule has 2 aromatic rings. The van der Waals surface area contributed by atoms with E-state index >= 15 is 0 Å². The molecule has 0 amide bonds. The maximum Gasteiger partial charge on any atom is 0.287 e. The minimum absolute atomic E-state index is 0.187. The van der Waals surface area contributed by atoms with Gasteiger partial charge in [-0.25, -0.2) is 26.6 Å². The van der Waals surface area contributed by atoms with Gasteiger partial charge in [0.05, 0.1) is 24.0 Å². The third-order valence-corrected chi connectivity index (χ3v) is 3.83. The number of nitrogens with zero attached hydrogens (tertiary/aromatic N) is 3. The third kappa shape index (κ3) is 3.96. The lowest BCUT2D eigenvalue weighted by atomic mass is 10.1. The Morgan fingerprint density at radius 3 is 2.15 bits per heavy atom. The number of halogens is 6. The van der Waals surface area contributed by atoms with Gasteiger partial charge in [0.1, 0.15) is 5.02 Å². The van der Waals surface area contributed by atoms with Crippen molar-refractivity contribution in [2.75, 3.05) is 32.5 Å². The van der Waals surface area contributed by atoms with E-state index < -0.39 is 46.8 Å². The highest BCUT2D eigenvalue weighted by molar-refractivity contribution is 6.32. The molecule has 142 valence electrons. The monoisotopic (exact) mass is 396 g/mol. The summed E-state index contributed by atoms with van der Waals surface area (Å²) >= 11 is 5.90. The van der Waals surface area contributed by atoms with E-state index in [1.165, 1.54) is 0 Å². The number of nitrogens with one attached hydrogen (secondary N) is 1. The first-order chi connectivity index (χ1) is 12.1. The minimum atomic E-state index is -2.28. The summed E-state index contributed by atoms with van der Waals surface area (Å²) < 4.78 is 67.5. The lowest BCUT2D eigenvalue weighted by Crippen LogP contribution is -2.27. The number of likely N-dealkylation sites (N-methyl/N-ethyl adjacent to an activating group) is 1. The van der Waals surface area contributed by atoms with Crippen molar-refractivity contribution in [3.05, 3.63) is 56.2 Å². The summed E-state index contributed by atoms with van der Waals surface area (Å²) in [5, 5.41) is 6.21. The summed E-state index contributed by atoms with van der Waals surface area (Å²) in [7, 11) is 3.67. The lowest BCUT2D eigenvalue weighted by Gasteiger charge is -2.13. The molecular weight excluding hydrogens is 383 g/mol. The molecule has 26 heavy (non-hydrogen) atoms. The number of rotatable bonds is 6. The Morgan fingerprint density at radius 1 is 1.08 bits per heavy atom. The average Bonchev–Trinajstić information content (AvgIpc) is 2.60. The molecule has 0 atom stereocenters. The molecule has 0 aliphatic carbocycles.